The van der Waals surface area contributed by atoms with Crippen LogP contribution in [0.15, 0.2) is 72.8 Å². The number of rotatable bonds is 3. The van der Waals surface area contributed by atoms with Gasteiger partial charge in [0.25, 0.3) is 0 Å². The van der Waals surface area contributed by atoms with Crippen LogP contribution in [0.25, 0.3) is 0 Å². The van der Waals surface area contributed by atoms with Gasteiger partial charge in [-0.15, -0.1) is 0 Å². The van der Waals surface area contributed by atoms with Gasteiger partial charge < -0.3 is 0 Å². The second-order valence-corrected chi connectivity index (χ2v) is 8.63. The van der Waals surface area contributed by atoms with Crippen molar-refractivity contribution in [1.29, 1.82) is 0 Å². The molecule has 1 heterocycles. The second-order valence-electron chi connectivity index (χ2n) is 8.63. The van der Waals surface area contributed by atoms with Crippen LogP contribution in [0.2, 0.25) is 0 Å². The Balaban J connectivity index is 1.90. The number of anilines is 2. The molecule has 3 aromatic rings. The molecule has 0 N–H and O–H groups in total. The van der Waals surface area contributed by atoms with Crippen molar-refractivity contribution in [3.63, 3.8) is 0 Å². The first-order chi connectivity index (χ1) is 13.8. The van der Waals surface area contributed by atoms with Gasteiger partial charge in [0.15, 0.2) is 0 Å². The van der Waals surface area contributed by atoms with Gasteiger partial charge >= 0.3 is 6.03 Å². The van der Waals surface area contributed by atoms with E-state index in [0.717, 1.165) is 16.9 Å². The average Bonchev–Trinajstić information content (AvgIpc) is 2.89. The lowest BCUT2D eigenvalue weighted by Crippen LogP contribution is -2.43. The quantitative estimate of drug-likeness (QED) is 0.500. The van der Waals surface area contributed by atoms with Crippen LogP contribution in [0.3, 0.4) is 0 Å². The first kappa shape index (κ1) is 19.3. The molecule has 0 bridgehead atoms. The highest BCUT2D eigenvalue weighted by Crippen LogP contribution is 2.47. The Morgan fingerprint density at radius 1 is 0.724 bits per heavy atom. The van der Waals surface area contributed by atoms with Crippen molar-refractivity contribution in [3.05, 3.63) is 95.1 Å². The molecule has 1 atom stereocenters. The first-order valence-corrected chi connectivity index (χ1v) is 10.1. The fourth-order valence-electron chi connectivity index (χ4n) is 4.40. The Hall–Kier alpha value is -3.07. The number of hydrogen-bond donors (Lipinski definition) is 0. The first-order valence-electron chi connectivity index (χ1n) is 10.1. The molecule has 0 spiro atoms. The number of carbonyl (C=O) groups is 1. The zero-order valence-electron chi connectivity index (χ0n) is 17.8. The number of hydrogen-bond acceptors (Lipinski definition) is 1. The van der Waals surface area contributed by atoms with E-state index in [9.17, 15) is 4.79 Å². The minimum absolute atomic E-state index is 0.00853. The molecule has 29 heavy (non-hydrogen) atoms. The SMILES string of the molecule is Cc1ccc(N2C(=O)N(c3ccc(C)cc3)C(C)(C)C2c2cccc(C)c2)cc1. The summed E-state index contributed by atoms with van der Waals surface area (Å²) in [5.74, 6) is 0. The Bertz CT molecular complexity index is 1040. The number of urea groups is 1. The molecule has 3 heteroatoms. The van der Waals surface area contributed by atoms with Crippen LogP contribution in [0.4, 0.5) is 16.2 Å². The van der Waals surface area contributed by atoms with Crippen LogP contribution in [-0.2, 0) is 0 Å². The summed E-state index contributed by atoms with van der Waals surface area (Å²) in [5, 5.41) is 0. The Morgan fingerprint density at radius 3 is 1.83 bits per heavy atom. The van der Waals surface area contributed by atoms with Crippen molar-refractivity contribution < 1.29 is 4.79 Å². The molecule has 0 radical (unpaired) electrons. The van der Waals surface area contributed by atoms with Crippen LogP contribution >= 0.6 is 0 Å². The van der Waals surface area contributed by atoms with E-state index in [1.54, 1.807) is 0 Å². The Labute approximate surface area is 173 Å². The summed E-state index contributed by atoms with van der Waals surface area (Å²) >= 11 is 0. The van der Waals surface area contributed by atoms with Crippen LogP contribution in [-0.4, -0.2) is 11.6 Å². The predicted octanol–water partition coefficient (Wildman–Crippen LogP) is 6.58. The normalized spacial score (nSPS) is 18.4. The third kappa shape index (κ3) is 3.31. The molecule has 1 fully saturated rings. The molecular weight excluding hydrogens is 356 g/mol. The van der Waals surface area contributed by atoms with Gasteiger partial charge in [-0.1, -0.05) is 65.2 Å². The lowest BCUT2D eigenvalue weighted by atomic mass is 9.87. The molecule has 1 unspecified atom stereocenters. The number of benzene rings is 3. The zero-order valence-corrected chi connectivity index (χ0v) is 17.8. The van der Waals surface area contributed by atoms with E-state index in [2.05, 4.69) is 83.1 Å². The third-order valence-corrected chi connectivity index (χ3v) is 5.86. The maximum Gasteiger partial charge on any atom is 0.330 e. The molecule has 1 aliphatic heterocycles. The molecule has 148 valence electrons. The minimum Gasteiger partial charge on any atom is -0.286 e. The van der Waals surface area contributed by atoms with Crippen molar-refractivity contribution in [2.24, 2.45) is 0 Å². The fourth-order valence-corrected chi connectivity index (χ4v) is 4.40. The topological polar surface area (TPSA) is 23.6 Å². The van der Waals surface area contributed by atoms with Gasteiger partial charge in [-0.3, -0.25) is 9.80 Å². The summed E-state index contributed by atoms with van der Waals surface area (Å²) in [6.45, 7) is 10.5. The van der Waals surface area contributed by atoms with E-state index in [4.69, 9.17) is 0 Å². The van der Waals surface area contributed by atoms with Gasteiger partial charge in [0, 0.05) is 11.4 Å². The average molecular weight is 385 g/mol. The van der Waals surface area contributed by atoms with Crippen LogP contribution in [0, 0.1) is 20.8 Å². The van der Waals surface area contributed by atoms with Crippen LogP contribution in [0.1, 0.15) is 42.1 Å². The van der Waals surface area contributed by atoms with E-state index < -0.39 is 5.54 Å². The summed E-state index contributed by atoms with van der Waals surface area (Å²) in [4.78, 5) is 17.7. The fraction of sp³-hybridized carbons (Fsp3) is 0.269. The van der Waals surface area contributed by atoms with E-state index in [1.807, 2.05) is 34.1 Å². The molecule has 1 saturated heterocycles. The highest BCUT2D eigenvalue weighted by atomic mass is 16.2. The van der Waals surface area contributed by atoms with E-state index in [-0.39, 0.29) is 12.1 Å². The summed E-state index contributed by atoms with van der Waals surface area (Å²) in [7, 11) is 0. The summed E-state index contributed by atoms with van der Waals surface area (Å²) in [5.41, 5.74) is 6.14. The van der Waals surface area contributed by atoms with Gasteiger partial charge in [0.05, 0.1) is 11.6 Å². The highest BCUT2D eigenvalue weighted by Gasteiger charge is 2.53. The maximum absolute atomic E-state index is 13.8. The lowest BCUT2D eigenvalue weighted by molar-refractivity contribution is 0.254. The van der Waals surface area contributed by atoms with Gasteiger partial charge in [0.1, 0.15) is 0 Å². The molecule has 2 amide bonds. The van der Waals surface area contributed by atoms with Crippen LogP contribution in [0.5, 0.6) is 0 Å². The van der Waals surface area contributed by atoms with Gasteiger partial charge in [-0.25, -0.2) is 4.79 Å². The van der Waals surface area contributed by atoms with Gasteiger partial charge in [-0.2, -0.15) is 0 Å². The largest absolute Gasteiger partial charge is 0.330 e. The third-order valence-electron chi connectivity index (χ3n) is 5.86. The van der Waals surface area contributed by atoms with Crippen molar-refractivity contribution in [2.45, 2.75) is 46.2 Å². The monoisotopic (exact) mass is 384 g/mol. The molecule has 3 nitrogen and oxygen atoms in total. The van der Waals surface area contributed by atoms with E-state index in [1.165, 1.54) is 16.7 Å². The zero-order chi connectivity index (χ0) is 20.8. The number of amides is 2. The maximum atomic E-state index is 13.8. The van der Waals surface area contributed by atoms with Gasteiger partial charge in [-0.05, 0) is 64.4 Å². The molecule has 0 aromatic heterocycles. The van der Waals surface area contributed by atoms with E-state index >= 15 is 0 Å². The number of carbonyl (C=O) groups excluding carboxylic acids is 1. The van der Waals surface area contributed by atoms with Crippen molar-refractivity contribution in [2.75, 3.05) is 9.80 Å². The summed E-state index contributed by atoms with van der Waals surface area (Å²) < 4.78 is 0. The Morgan fingerprint density at radius 2 is 1.28 bits per heavy atom. The van der Waals surface area contributed by atoms with Crippen molar-refractivity contribution >= 4 is 17.4 Å². The molecule has 4 rings (SSSR count). The molecule has 0 aliphatic carbocycles. The lowest BCUT2D eigenvalue weighted by Gasteiger charge is -2.35. The number of aryl methyl sites for hydroxylation is 3. The summed E-state index contributed by atoms with van der Waals surface area (Å²) in [6.07, 6.45) is 0. The van der Waals surface area contributed by atoms with Gasteiger partial charge in [0.2, 0.25) is 0 Å². The Kier molecular flexibility index (Phi) is 4.70. The molecule has 0 saturated carbocycles. The minimum atomic E-state index is -0.426. The summed E-state index contributed by atoms with van der Waals surface area (Å²) in [6, 6.07) is 24.9. The standard InChI is InChI=1S/C26H28N2O/c1-18-9-13-22(14-10-18)27-24(21-8-6-7-20(3)17-21)26(4,5)28(25(27)29)23-15-11-19(2)12-16-23/h6-17,24H,1-5H3. The highest BCUT2D eigenvalue weighted by molar-refractivity contribution is 6.08. The molecular formula is C26H28N2O. The van der Waals surface area contributed by atoms with E-state index in [0.29, 0.717) is 0 Å². The number of nitrogens with zero attached hydrogens (tertiary/aromatic N) is 2. The second kappa shape index (κ2) is 7.07. The molecule has 1 aliphatic rings. The van der Waals surface area contributed by atoms with Crippen molar-refractivity contribution in [1.82, 2.24) is 0 Å². The predicted molar refractivity (Wildman–Crippen MR) is 121 cm³/mol. The van der Waals surface area contributed by atoms with Crippen LogP contribution < -0.4 is 9.80 Å². The smallest absolute Gasteiger partial charge is 0.286 e. The van der Waals surface area contributed by atoms with Crippen molar-refractivity contribution in [3.8, 4) is 0 Å². The molecule has 3 aromatic carbocycles.